The number of Topliss-reactive ketones (excluding diaryl/α,β-unsaturated/α-hetero) is 1. The number of rotatable bonds is 4. The van der Waals surface area contributed by atoms with E-state index in [2.05, 4.69) is 0 Å². The molecule has 3 heteroatoms. The Bertz CT molecular complexity index is 175. The molecule has 0 aromatic heterocycles. The Kier molecular flexibility index (Phi) is 3.45. The van der Waals surface area contributed by atoms with Gasteiger partial charge in [-0.05, 0) is 33.1 Å². The van der Waals surface area contributed by atoms with Gasteiger partial charge in [0.05, 0.1) is 6.10 Å². The molecule has 0 saturated carbocycles. The van der Waals surface area contributed by atoms with Crippen molar-refractivity contribution in [2.75, 3.05) is 6.61 Å². The molecule has 1 N–H and O–H groups in total. The van der Waals surface area contributed by atoms with Gasteiger partial charge >= 0.3 is 0 Å². The molecule has 0 amide bonds. The van der Waals surface area contributed by atoms with Crippen LogP contribution in [0.25, 0.3) is 0 Å². The zero-order chi connectivity index (χ0) is 9.90. The number of hydrogen-bond acceptors (Lipinski definition) is 3. The second-order valence-corrected chi connectivity index (χ2v) is 4.16. The Hall–Kier alpha value is -0.410. The standard InChI is InChI=1S/C10H18O3/c1-10(2,12)9(11)6-5-8-4-3-7-13-8/h8,12H,3-7H2,1-2H3. The van der Waals surface area contributed by atoms with Crippen LogP contribution in [-0.2, 0) is 9.53 Å². The first-order valence-electron chi connectivity index (χ1n) is 4.87. The maximum Gasteiger partial charge on any atom is 0.163 e. The zero-order valence-corrected chi connectivity index (χ0v) is 8.38. The van der Waals surface area contributed by atoms with Gasteiger partial charge in [-0.1, -0.05) is 0 Å². The minimum absolute atomic E-state index is 0.0944. The van der Waals surface area contributed by atoms with Crippen molar-refractivity contribution in [2.24, 2.45) is 0 Å². The zero-order valence-electron chi connectivity index (χ0n) is 8.38. The Morgan fingerprint density at radius 3 is 2.77 bits per heavy atom. The van der Waals surface area contributed by atoms with E-state index in [4.69, 9.17) is 4.74 Å². The number of ether oxygens (including phenoxy) is 1. The van der Waals surface area contributed by atoms with Gasteiger partial charge in [0.15, 0.2) is 5.78 Å². The highest BCUT2D eigenvalue weighted by atomic mass is 16.5. The molecule has 1 fully saturated rings. The van der Waals surface area contributed by atoms with Crippen molar-refractivity contribution in [3.05, 3.63) is 0 Å². The predicted octanol–water partition coefficient (Wildman–Crippen LogP) is 1.29. The summed E-state index contributed by atoms with van der Waals surface area (Å²) in [6.45, 7) is 3.89. The molecular formula is C10H18O3. The first-order chi connectivity index (χ1) is 6.00. The average molecular weight is 186 g/mol. The van der Waals surface area contributed by atoms with Crippen LogP contribution < -0.4 is 0 Å². The summed E-state index contributed by atoms with van der Waals surface area (Å²) in [7, 11) is 0. The maximum absolute atomic E-state index is 11.3. The summed E-state index contributed by atoms with van der Waals surface area (Å²) in [5.74, 6) is -0.0944. The molecule has 1 unspecified atom stereocenters. The van der Waals surface area contributed by atoms with Crippen LogP contribution in [0.1, 0.15) is 39.5 Å². The van der Waals surface area contributed by atoms with Crippen LogP contribution in [0.15, 0.2) is 0 Å². The van der Waals surface area contributed by atoms with Crippen molar-refractivity contribution >= 4 is 5.78 Å². The van der Waals surface area contributed by atoms with Gasteiger partial charge in [0.2, 0.25) is 0 Å². The van der Waals surface area contributed by atoms with Gasteiger partial charge < -0.3 is 9.84 Å². The molecule has 1 rings (SSSR count). The lowest BCUT2D eigenvalue weighted by Crippen LogP contribution is -2.31. The topological polar surface area (TPSA) is 46.5 Å². The Morgan fingerprint density at radius 2 is 2.31 bits per heavy atom. The lowest BCUT2D eigenvalue weighted by molar-refractivity contribution is -0.134. The smallest absolute Gasteiger partial charge is 0.163 e. The molecule has 0 bridgehead atoms. The van der Waals surface area contributed by atoms with Crippen LogP contribution >= 0.6 is 0 Å². The summed E-state index contributed by atoms with van der Waals surface area (Å²) in [5, 5.41) is 9.37. The summed E-state index contributed by atoms with van der Waals surface area (Å²) in [6.07, 6.45) is 3.57. The average Bonchev–Trinajstić information content (AvgIpc) is 2.50. The van der Waals surface area contributed by atoms with Crippen molar-refractivity contribution in [3.8, 4) is 0 Å². The van der Waals surface area contributed by atoms with Crippen LogP contribution in [0.2, 0.25) is 0 Å². The fourth-order valence-electron chi connectivity index (χ4n) is 1.47. The van der Waals surface area contributed by atoms with E-state index in [-0.39, 0.29) is 11.9 Å². The van der Waals surface area contributed by atoms with Crippen molar-refractivity contribution in [1.29, 1.82) is 0 Å². The van der Waals surface area contributed by atoms with Gasteiger partial charge in [-0.25, -0.2) is 0 Å². The summed E-state index contributed by atoms with van der Waals surface area (Å²) < 4.78 is 5.38. The van der Waals surface area contributed by atoms with E-state index in [0.717, 1.165) is 25.9 Å². The van der Waals surface area contributed by atoms with Crippen LogP contribution in [-0.4, -0.2) is 29.2 Å². The molecule has 1 heterocycles. The minimum atomic E-state index is -1.18. The van der Waals surface area contributed by atoms with Crippen LogP contribution in [0, 0.1) is 0 Å². The van der Waals surface area contributed by atoms with E-state index in [0.29, 0.717) is 6.42 Å². The van der Waals surface area contributed by atoms with Crippen molar-refractivity contribution in [3.63, 3.8) is 0 Å². The normalized spacial score (nSPS) is 23.5. The monoisotopic (exact) mass is 186 g/mol. The number of carbonyl (C=O) groups is 1. The second kappa shape index (κ2) is 4.20. The van der Waals surface area contributed by atoms with Gasteiger partial charge in [0.25, 0.3) is 0 Å². The first-order valence-corrected chi connectivity index (χ1v) is 4.87. The molecule has 1 aliphatic rings. The lowest BCUT2D eigenvalue weighted by Gasteiger charge is -2.16. The number of aliphatic hydroxyl groups is 1. The molecule has 0 aromatic rings. The molecule has 1 atom stereocenters. The van der Waals surface area contributed by atoms with Gasteiger partial charge in [-0.3, -0.25) is 4.79 Å². The third kappa shape index (κ3) is 3.44. The van der Waals surface area contributed by atoms with Crippen molar-refractivity contribution < 1.29 is 14.6 Å². The largest absolute Gasteiger partial charge is 0.383 e. The Balaban J connectivity index is 2.22. The Morgan fingerprint density at radius 1 is 1.62 bits per heavy atom. The van der Waals surface area contributed by atoms with Gasteiger partial charge in [-0.15, -0.1) is 0 Å². The number of ketones is 1. The van der Waals surface area contributed by atoms with Crippen LogP contribution in [0.4, 0.5) is 0 Å². The van der Waals surface area contributed by atoms with Crippen LogP contribution in [0.5, 0.6) is 0 Å². The SMILES string of the molecule is CC(C)(O)C(=O)CCC1CCCO1. The molecule has 0 aromatic carbocycles. The maximum atomic E-state index is 11.3. The van der Waals surface area contributed by atoms with E-state index in [9.17, 15) is 9.90 Å². The predicted molar refractivity (Wildman–Crippen MR) is 49.5 cm³/mol. The van der Waals surface area contributed by atoms with E-state index >= 15 is 0 Å². The van der Waals surface area contributed by atoms with Crippen LogP contribution in [0.3, 0.4) is 0 Å². The summed E-state index contributed by atoms with van der Waals surface area (Å²) in [4.78, 5) is 11.3. The van der Waals surface area contributed by atoms with Gasteiger partial charge in [0.1, 0.15) is 5.60 Å². The lowest BCUT2D eigenvalue weighted by atomic mass is 9.98. The molecule has 1 saturated heterocycles. The quantitative estimate of drug-likeness (QED) is 0.719. The second-order valence-electron chi connectivity index (χ2n) is 4.16. The first kappa shape index (κ1) is 10.7. The highest BCUT2D eigenvalue weighted by molar-refractivity contribution is 5.86. The highest BCUT2D eigenvalue weighted by Crippen LogP contribution is 2.18. The van der Waals surface area contributed by atoms with E-state index < -0.39 is 5.60 Å². The third-order valence-corrected chi connectivity index (χ3v) is 2.40. The summed E-state index contributed by atoms with van der Waals surface area (Å²) in [6, 6.07) is 0. The minimum Gasteiger partial charge on any atom is -0.383 e. The van der Waals surface area contributed by atoms with Crippen molar-refractivity contribution in [2.45, 2.75) is 51.2 Å². The third-order valence-electron chi connectivity index (χ3n) is 2.40. The summed E-state index contributed by atoms with van der Waals surface area (Å²) >= 11 is 0. The molecular weight excluding hydrogens is 168 g/mol. The molecule has 0 spiro atoms. The molecule has 0 radical (unpaired) electrons. The molecule has 13 heavy (non-hydrogen) atoms. The van der Waals surface area contributed by atoms with Crippen molar-refractivity contribution in [1.82, 2.24) is 0 Å². The molecule has 1 aliphatic heterocycles. The van der Waals surface area contributed by atoms with E-state index in [1.54, 1.807) is 0 Å². The molecule has 3 nitrogen and oxygen atoms in total. The fourth-order valence-corrected chi connectivity index (χ4v) is 1.47. The summed E-state index contributed by atoms with van der Waals surface area (Å²) in [5.41, 5.74) is -1.18. The fraction of sp³-hybridized carbons (Fsp3) is 0.900. The van der Waals surface area contributed by atoms with E-state index in [1.807, 2.05) is 0 Å². The molecule has 0 aliphatic carbocycles. The number of hydrogen-bond donors (Lipinski definition) is 1. The van der Waals surface area contributed by atoms with Gasteiger partial charge in [-0.2, -0.15) is 0 Å². The van der Waals surface area contributed by atoms with E-state index in [1.165, 1.54) is 13.8 Å². The highest BCUT2D eigenvalue weighted by Gasteiger charge is 2.25. The molecule has 76 valence electrons. The van der Waals surface area contributed by atoms with Gasteiger partial charge in [0, 0.05) is 13.0 Å². The Labute approximate surface area is 79.1 Å². The number of carbonyl (C=O) groups excluding carboxylic acids is 1.